The number of benzene rings is 1. The van der Waals surface area contributed by atoms with Crippen molar-refractivity contribution in [2.24, 2.45) is 5.73 Å². The summed E-state index contributed by atoms with van der Waals surface area (Å²) in [5.41, 5.74) is 12.1. The lowest BCUT2D eigenvalue weighted by atomic mass is 10.1. The van der Waals surface area contributed by atoms with Crippen LogP contribution >= 0.6 is 11.3 Å². The highest BCUT2D eigenvalue weighted by atomic mass is 32.1. The molecule has 0 aliphatic rings. The van der Waals surface area contributed by atoms with E-state index in [-0.39, 0.29) is 16.9 Å². The van der Waals surface area contributed by atoms with Crippen LogP contribution in [0.2, 0.25) is 0 Å². The molecule has 7 nitrogen and oxygen atoms in total. The van der Waals surface area contributed by atoms with E-state index < -0.39 is 23.2 Å². The second-order valence-corrected chi connectivity index (χ2v) is 5.84. The number of rotatable bonds is 5. The lowest BCUT2D eigenvalue weighted by molar-refractivity contribution is 0.102. The summed E-state index contributed by atoms with van der Waals surface area (Å²) >= 11 is 1.19. The minimum Gasteiger partial charge on any atom is -0.396 e. The molecule has 0 saturated heterocycles. The molecule has 0 unspecified atom stereocenters. The van der Waals surface area contributed by atoms with Gasteiger partial charge in [0.2, 0.25) is 0 Å². The molecule has 130 valence electrons. The Bertz CT molecular complexity index is 909. The third kappa shape index (κ3) is 3.35. The van der Waals surface area contributed by atoms with Crippen LogP contribution in [0.4, 0.5) is 20.2 Å². The first-order valence-electron chi connectivity index (χ1n) is 7.21. The van der Waals surface area contributed by atoms with Gasteiger partial charge in [0.1, 0.15) is 11.4 Å². The van der Waals surface area contributed by atoms with Gasteiger partial charge in [-0.1, -0.05) is 0 Å². The zero-order valence-electron chi connectivity index (χ0n) is 12.9. The average Bonchev–Trinajstić information content (AvgIpc) is 3.27. The SMILES string of the molecule is NCCn1cc(-c2cc(N)c(F)c(NC(=O)c3cscn3)c2F)cn1. The Morgan fingerprint density at radius 1 is 1.36 bits per heavy atom. The average molecular weight is 364 g/mol. The second kappa shape index (κ2) is 6.95. The first-order valence-corrected chi connectivity index (χ1v) is 8.15. The largest absolute Gasteiger partial charge is 0.396 e. The van der Waals surface area contributed by atoms with Gasteiger partial charge >= 0.3 is 0 Å². The Morgan fingerprint density at radius 2 is 2.16 bits per heavy atom. The van der Waals surface area contributed by atoms with Gasteiger partial charge in [0.05, 0.1) is 23.9 Å². The first-order chi connectivity index (χ1) is 12.0. The lowest BCUT2D eigenvalue weighted by Crippen LogP contribution is -2.16. The summed E-state index contributed by atoms with van der Waals surface area (Å²) in [6.45, 7) is 0.815. The van der Waals surface area contributed by atoms with E-state index >= 15 is 0 Å². The number of anilines is 2. The minimum atomic E-state index is -1.04. The van der Waals surface area contributed by atoms with E-state index in [0.717, 1.165) is 6.07 Å². The van der Waals surface area contributed by atoms with Crippen LogP contribution in [-0.2, 0) is 6.54 Å². The molecule has 0 aliphatic carbocycles. The fourth-order valence-electron chi connectivity index (χ4n) is 2.24. The summed E-state index contributed by atoms with van der Waals surface area (Å²) in [6.07, 6.45) is 2.98. The number of nitrogens with zero attached hydrogens (tertiary/aromatic N) is 3. The molecular weight excluding hydrogens is 350 g/mol. The number of aromatic nitrogens is 3. The van der Waals surface area contributed by atoms with Gasteiger partial charge in [-0.3, -0.25) is 9.48 Å². The van der Waals surface area contributed by atoms with Crippen LogP contribution in [-0.4, -0.2) is 27.2 Å². The van der Waals surface area contributed by atoms with Gasteiger partial charge in [0.25, 0.3) is 5.91 Å². The highest BCUT2D eigenvalue weighted by Gasteiger charge is 2.22. The van der Waals surface area contributed by atoms with Gasteiger partial charge in [0, 0.05) is 29.2 Å². The number of thiazole rings is 1. The first kappa shape index (κ1) is 17.0. The van der Waals surface area contributed by atoms with E-state index in [1.54, 1.807) is 6.20 Å². The number of nitrogen functional groups attached to an aromatic ring is 1. The highest BCUT2D eigenvalue weighted by molar-refractivity contribution is 7.07. The molecule has 3 rings (SSSR count). The van der Waals surface area contributed by atoms with E-state index in [2.05, 4.69) is 15.4 Å². The molecular formula is C15H14F2N6OS. The highest BCUT2D eigenvalue weighted by Crippen LogP contribution is 2.33. The van der Waals surface area contributed by atoms with Crippen LogP contribution in [0.5, 0.6) is 0 Å². The fourth-order valence-corrected chi connectivity index (χ4v) is 2.77. The Labute approximate surface area is 145 Å². The molecule has 1 amide bonds. The van der Waals surface area contributed by atoms with Crippen molar-refractivity contribution in [2.45, 2.75) is 6.54 Å². The van der Waals surface area contributed by atoms with Gasteiger partial charge in [-0.2, -0.15) is 5.10 Å². The number of amides is 1. The van der Waals surface area contributed by atoms with Crippen molar-refractivity contribution in [3.63, 3.8) is 0 Å². The van der Waals surface area contributed by atoms with Gasteiger partial charge in [-0.25, -0.2) is 13.8 Å². The van der Waals surface area contributed by atoms with Crippen molar-refractivity contribution >= 4 is 28.6 Å². The smallest absolute Gasteiger partial charge is 0.275 e. The van der Waals surface area contributed by atoms with Crippen molar-refractivity contribution in [1.82, 2.24) is 14.8 Å². The summed E-state index contributed by atoms with van der Waals surface area (Å²) in [4.78, 5) is 15.9. The summed E-state index contributed by atoms with van der Waals surface area (Å²) in [6, 6.07) is 1.16. The number of hydrogen-bond acceptors (Lipinski definition) is 6. The molecule has 0 radical (unpaired) electrons. The summed E-state index contributed by atoms with van der Waals surface area (Å²) in [5.74, 6) is -2.71. The maximum atomic E-state index is 14.8. The molecule has 0 bridgehead atoms. The van der Waals surface area contributed by atoms with Gasteiger partial charge in [-0.15, -0.1) is 11.3 Å². The quantitative estimate of drug-likeness (QED) is 0.600. The Hall–Kier alpha value is -2.85. The maximum absolute atomic E-state index is 14.8. The number of carbonyl (C=O) groups is 1. The molecule has 0 saturated carbocycles. The van der Waals surface area contributed by atoms with Gasteiger partial charge < -0.3 is 16.8 Å². The van der Waals surface area contributed by atoms with Crippen molar-refractivity contribution in [3.05, 3.63) is 46.7 Å². The van der Waals surface area contributed by atoms with Crippen LogP contribution in [0.25, 0.3) is 11.1 Å². The molecule has 5 N–H and O–H groups in total. The molecule has 3 aromatic rings. The van der Waals surface area contributed by atoms with Crippen LogP contribution in [0.1, 0.15) is 10.5 Å². The van der Waals surface area contributed by atoms with E-state index in [4.69, 9.17) is 11.5 Å². The fraction of sp³-hybridized carbons (Fsp3) is 0.133. The molecule has 2 aromatic heterocycles. The van der Waals surface area contributed by atoms with Crippen LogP contribution in [0, 0.1) is 11.6 Å². The third-order valence-corrected chi connectivity index (χ3v) is 4.02. The molecule has 0 spiro atoms. The van der Waals surface area contributed by atoms with Crippen LogP contribution < -0.4 is 16.8 Å². The second-order valence-electron chi connectivity index (χ2n) is 5.12. The summed E-state index contributed by atoms with van der Waals surface area (Å²) in [5, 5.41) is 7.71. The monoisotopic (exact) mass is 364 g/mol. The summed E-state index contributed by atoms with van der Waals surface area (Å²) < 4.78 is 30.6. The molecule has 1 aromatic carbocycles. The Morgan fingerprint density at radius 3 is 2.84 bits per heavy atom. The van der Waals surface area contributed by atoms with Crippen molar-refractivity contribution in [1.29, 1.82) is 0 Å². The molecule has 0 aliphatic heterocycles. The van der Waals surface area contributed by atoms with E-state index in [9.17, 15) is 13.6 Å². The van der Waals surface area contributed by atoms with Crippen molar-refractivity contribution < 1.29 is 13.6 Å². The number of nitrogens with two attached hydrogens (primary N) is 2. The molecule has 0 atom stereocenters. The Kier molecular flexibility index (Phi) is 4.72. The van der Waals surface area contributed by atoms with E-state index in [1.165, 1.54) is 33.1 Å². The van der Waals surface area contributed by atoms with Crippen LogP contribution in [0.15, 0.2) is 29.4 Å². The number of nitrogens with one attached hydrogen (secondary N) is 1. The maximum Gasteiger partial charge on any atom is 0.275 e. The predicted octanol–water partition coefficient (Wildman–Crippen LogP) is 2.08. The number of halogens is 2. The topological polar surface area (TPSA) is 112 Å². The lowest BCUT2D eigenvalue weighted by Gasteiger charge is -2.12. The van der Waals surface area contributed by atoms with Gasteiger partial charge in [0.15, 0.2) is 11.6 Å². The molecule has 0 fully saturated rings. The number of hydrogen-bond donors (Lipinski definition) is 3. The normalized spacial score (nSPS) is 10.8. The zero-order chi connectivity index (χ0) is 18.0. The van der Waals surface area contributed by atoms with Crippen molar-refractivity contribution in [2.75, 3.05) is 17.6 Å². The summed E-state index contributed by atoms with van der Waals surface area (Å²) in [7, 11) is 0. The van der Waals surface area contributed by atoms with Gasteiger partial charge in [-0.05, 0) is 6.07 Å². The van der Waals surface area contributed by atoms with Crippen molar-refractivity contribution in [3.8, 4) is 11.1 Å². The Balaban J connectivity index is 2.00. The standard InChI is InChI=1S/C15H14F2N6OS/c16-12-9(8-4-21-23(5-8)2-1-18)3-10(19)13(17)14(12)22-15(24)11-6-25-7-20-11/h3-7H,1-2,18-19H2,(H,22,24). The number of carbonyl (C=O) groups excluding carboxylic acids is 1. The van der Waals surface area contributed by atoms with E-state index in [1.807, 2.05) is 0 Å². The molecule has 2 heterocycles. The zero-order valence-corrected chi connectivity index (χ0v) is 13.7. The van der Waals surface area contributed by atoms with Crippen LogP contribution in [0.3, 0.4) is 0 Å². The predicted molar refractivity (Wildman–Crippen MR) is 91.1 cm³/mol. The third-order valence-electron chi connectivity index (χ3n) is 3.43. The van der Waals surface area contributed by atoms with E-state index in [0.29, 0.717) is 18.7 Å². The minimum absolute atomic E-state index is 0.0238. The molecule has 25 heavy (non-hydrogen) atoms. The molecule has 10 heteroatoms.